The number of rotatable bonds is 7. The second-order valence-corrected chi connectivity index (χ2v) is 8.01. The third-order valence-electron chi connectivity index (χ3n) is 5.84. The van der Waals surface area contributed by atoms with Crippen molar-refractivity contribution in [2.45, 2.75) is 26.3 Å². The van der Waals surface area contributed by atoms with E-state index in [2.05, 4.69) is 46.4 Å². The first kappa shape index (κ1) is 22.3. The molecule has 9 nitrogen and oxygen atoms in total. The van der Waals surface area contributed by atoms with Crippen molar-refractivity contribution in [1.82, 2.24) is 25.3 Å². The van der Waals surface area contributed by atoms with E-state index in [4.69, 9.17) is 17.3 Å². The van der Waals surface area contributed by atoms with E-state index in [1.165, 1.54) is 11.2 Å². The van der Waals surface area contributed by atoms with E-state index >= 15 is 0 Å². The van der Waals surface area contributed by atoms with Crippen LogP contribution in [0.25, 0.3) is 16.5 Å². The maximum Gasteiger partial charge on any atom is 0.133 e. The van der Waals surface area contributed by atoms with E-state index in [0.717, 1.165) is 16.3 Å². The predicted octanol–water partition coefficient (Wildman–Crippen LogP) is 2.50. The lowest BCUT2D eigenvalue weighted by atomic mass is 9.82. The molecule has 1 atom stereocenters. The molecule has 0 bridgehead atoms. The summed E-state index contributed by atoms with van der Waals surface area (Å²) in [6.07, 6.45) is 4.89. The number of hydrogen-bond donors (Lipinski definition) is 5. The van der Waals surface area contributed by atoms with Gasteiger partial charge in [-0.05, 0) is 55.1 Å². The molecule has 0 radical (unpaired) electrons. The Hall–Kier alpha value is -3.43. The molecule has 0 aliphatic carbocycles. The fraction of sp³-hybridized carbons (Fsp3) is 0.318. The lowest BCUT2D eigenvalue weighted by Gasteiger charge is -2.34. The third-order valence-corrected chi connectivity index (χ3v) is 5.84. The zero-order valence-electron chi connectivity index (χ0n) is 18.6. The van der Waals surface area contributed by atoms with Gasteiger partial charge in [0.2, 0.25) is 0 Å². The molecule has 3 aromatic heterocycles. The van der Waals surface area contributed by atoms with Gasteiger partial charge in [-0.15, -0.1) is 0 Å². The highest BCUT2D eigenvalue weighted by Gasteiger charge is 2.28. The first-order chi connectivity index (χ1) is 14.7. The average Bonchev–Trinajstić information content (AvgIpc) is 2.73. The minimum atomic E-state index is -0.176. The predicted molar refractivity (Wildman–Crippen MR) is 127 cm³/mol. The number of pyridine rings is 3. The van der Waals surface area contributed by atoms with E-state index in [9.17, 15) is 0 Å². The molecule has 0 saturated carbocycles. The topological polar surface area (TPSA) is 144 Å². The zero-order chi connectivity index (χ0) is 22.8. The maximum absolute atomic E-state index is 6.15. The Balaban J connectivity index is 1.99. The zero-order valence-corrected chi connectivity index (χ0v) is 18.6. The van der Waals surface area contributed by atoms with Gasteiger partial charge in [-0.25, -0.2) is 20.8 Å². The molecule has 9 heteroatoms. The first-order valence-electron chi connectivity index (χ1n) is 10.1. The van der Waals surface area contributed by atoms with Crippen LogP contribution >= 0.6 is 0 Å². The van der Waals surface area contributed by atoms with E-state index in [1.807, 2.05) is 31.3 Å². The van der Waals surface area contributed by atoms with Crippen LogP contribution in [-0.4, -0.2) is 34.1 Å². The summed E-state index contributed by atoms with van der Waals surface area (Å²) in [5.41, 5.74) is 14.0. The molecule has 0 fully saturated rings. The smallest absolute Gasteiger partial charge is 0.133 e. The Kier molecular flexibility index (Phi) is 6.28. The number of nitrogens with zero attached hydrogens (tertiary/aromatic N) is 4. The molecule has 3 rings (SSSR count). The normalized spacial score (nSPS) is 14.0. The molecule has 0 aliphatic rings. The third kappa shape index (κ3) is 4.37. The molecule has 0 aliphatic heterocycles. The van der Waals surface area contributed by atoms with Crippen LogP contribution in [0, 0.1) is 5.92 Å². The molecule has 1 unspecified atom stereocenters. The summed E-state index contributed by atoms with van der Waals surface area (Å²) in [6.45, 7) is 6.56. The summed E-state index contributed by atoms with van der Waals surface area (Å²) in [6, 6.07) is 7.84. The van der Waals surface area contributed by atoms with Gasteiger partial charge in [0.05, 0.1) is 11.4 Å². The van der Waals surface area contributed by atoms with Crippen LogP contribution < -0.4 is 27.9 Å². The summed E-state index contributed by atoms with van der Waals surface area (Å²) in [5.74, 6) is 7.95. The Bertz CT molecular complexity index is 1110. The van der Waals surface area contributed by atoms with Crippen molar-refractivity contribution >= 4 is 33.9 Å². The van der Waals surface area contributed by atoms with Crippen LogP contribution in [0.4, 0.5) is 17.5 Å². The van der Waals surface area contributed by atoms with Gasteiger partial charge in [0.25, 0.3) is 0 Å². The van der Waals surface area contributed by atoms with Gasteiger partial charge in [-0.3, -0.25) is 0 Å². The van der Waals surface area contributed by atoms with E-state index in [-0.39, 0.29) is 5.54 Å². The van der Waals surface area contributed by atoms with Gasteiger partial charge in [0.1, 0.15) is 17.5 Å². The van der Waals surface area contributed by atoms with Crippen molar-refractivity contribution in [2.24, 2.45) is 17.5 Å². The number of nitrogens with two attached hydrogens (primary N) is 3. The first-order valence-corrected chi connectivity index (χ1v) is 10.1. The number of nitrogen functional groups attached to an aromatic ring is 1. The second kappa shape index (κ2) is 8.75. The van der Waals surface area contributed by atoms with E-state index < -0.39 is 0 Å². The Morgan fingerprint density at radius 1 is 1.19 bits per heavy atom. The number of nitrogens with one attached hydrogen (secondary N) is 2. The summed E-state index contributed by atoms with van der Waals surface area (Å²) < 4.78 is 0. The molecular formula is C22H31N9. The summed E-state index contributed by atoms with van der Waals surface area (Å²) in [4.78, 5) is 13.3. The molecule has 31 heavy (non-hydrogen) atoms. The summed E-state index contributed by atoms with van der Waals surface area (Å²) in [5, 5.41) is 9.72. The van der Waals surface area contributed by atoms with E-state index in [1.54, 1.807) is 19.4 Å². The van der Waals surface area contributed by atoms with Crippen LogP contribution in [0.1, 0.15) is 32.0 Å². The van der Waals surface area contributed by atoms with Gasteiger partial charge < -0.3 is 27.1 Å². The fourth-order valence-corrected chi connectivity index (χ4v) is 3.48. The lowest BCUT2D eigenvalue weighted by molar-refractivity contribution is 0.286. The quantitative estimate of drug-likeness (QED) is 0.287. The fourth-order valence-electron chi connectivity index (χ4n) is 3.48. The highest BCUT2D eigenvalue weighted by atomic mass is 15.4. The monoisotopic (exact) mass is 421 g/mol. The number of aromatic nitrogens is 3. The van der Waals surface area contributed by atoms with Crippen LogP contribution in [-0.2, 0) is 5.54 Å². The SMILES string of the molecule is CNC(C)(c1ccnc(Nc2cc3cc(/C(=C/N)N(C)N)nc(N)c3cn2)c1)C(C)C. The molecule has 8 N–H and O–H groups in total. The largest absolute Gasteiger partial charge is 0.403 e. The highest BCUT2D eigenvalue weighted by molar-refractivity contribution is 5.93. The van der Waals surface area contributed by atoms with Gasteiger partial charge >= 0.3 is 0 Å². The molecular weight excluding hydrogens is 390 g/mol. The van der Waals surface area contributed by atoms with Crippen LogP contribution in [0.3, 0.4) is 0 Å². The number of fused-ring (bicyclic) bond motifs is 1. The van der Waals surface area contributed by atoms with Gasteiger partial charge in [0, 0.05) is 36.6 Å². The van der Waals surface area contributed by atoms with Crippen LogP contribution in [0.5, 0.6) is 0 Å². The molecule has 0 amide bonds. The van der Waals surface area contributed by atoms with E-state index in [0.29, 0.717) is 34.8 Å². The van der Waals surface area contributed by atoms with Crippen molar-refractivity contribution in [3.8, 4) is 0 Å². The van der Waals surface area contributed by atoms with Crippen molar-refractivity contribution in [3.05, 3.63) is 54.1 Å². The Morgan fingerprint density at radius 2 is 1.90 bits per heavy atom. The van der Waals surface area contributed by atoms with Crippen LogP contribution in [0.15, 0.2) is 42.9 Å². The number of anilines is 3. The van der Waals surface area contributed by atoms with Crippen molar-refractivity contribution < 1.29 is 0 Å². The second-order valence-electron chi connectivity index (χ2n) is 8.01. The summed E-state index contributed by atoms with van der Waals surface area (Å²) >= 11 is 0. The molecule has 164 valence electrons. The molecule has 0 aromatic carbocycles. The maximum atomic E-state index is 6.15. The molecule has 3 heterocycles. The van der Waals surface area contributed by atoms with Crippen molar-refractivity contribution in [1.29, 1.82) is 0 Å². The van der Waals surface area contributed by atoms with Gasteiger partial charge in [-0.1, -0.05) is 13.8 Å². The molecule has 3 aromatic rings. The number of hydrazine groups is 1. The van der Waals surface area contributed by atoms with Gasteiger partial charge in [0.15, 0.2) is 0 Å². The van der Waals surface area contributed by atoms with Gasteiger partial charge in [-0.2, -0.15) is 0 Å². The molecule has 0 spiro atoms. The standard InChI is InChI=1S/C22H31N9/c1-13(2)22(3,26-4)15-6-7-27-20(10-15)30-19-9-14-8-17(18(11-23)31(5)25)29-21(24)16(14)12-28-19/h6-13,26H,23,25H2,1-5H3,(H2,24,29)(H,27,28,30)/b18-11-. The Labute approximate surface area is 182 Å². The lowest BCUT2D eigenvalue weighted by Crippen LogP contribution is -2.41. The van der Waals surface area contributed by atoms with Crippen molar-refractivity contribution in [3.63, 3.8) is 0 Å². The minimum absolute atomic E-state index is 0.176. The number of hydrogen-bond acceptors (Lipinski definition) is 9. The van der Waals surface area contributed by atoms with Crippen molar-refractivity contribution in [2.75, 3.05) is 25.1 Å². The minimum Gasteiger partial charge on any atom is -0.403 e. The highest BCUT2D eigenvalue weighted by Crippen LogP contribution is 2.31. The molecule has 0 saturated heterocycles. The average molecular weight is 422 g/mol. The Morgan fingerprint density at radius 3 is 2.52 bits per heavy atom. The van der Waals surface area contributed by atoms with Crippen LogP contribution in [0.2, 0.25) is 0 Å². The summed E-state index contributed by atoms with van der Waals surface area (Å²) in [7, 11) is 3.66.